The molecule has 0 fully saturated rings. The third kappa shape index (κ3) is 2.90. The van der Waals surface area contributed by atoms with Crippen molar-refractivity contribution >= 4 is 28.0 Å². The topological polar surface area (TPSA) is 103 Å². The van der Waals surface area contributed by atoms with Crippen LogP contribution in [-0.2, 0) is 9.59 Å². The van der Waals surface area contributed by atoms with Crippen LogP contribution < -0.4 is 0 Å². The van der Waals surface area contributed by atoms with E-state index in [4.69, 9.17) is 5.11 Å². The van der Waals surface area contributed by atoms with E-state index in [0.29, 0.717) is 0 Å². The molecule has 0 bridgehead atoms. The SMILES string of the molecule is CC(=O)N(Br)C(CC(=O)O)n1c(O)ccc1O. The van der Waals surface area contributed by atoms with Gasteiger partial charge in [0.2, 0.25) is 5.91 Å². The van der Waals surface area contributed by atoms with E-state index in [0.717, 1.165) is 8.49 Å². The van der Waals surface area contributed by atoms with Crippen molar-refractivity contribution in [2.45, 2.75) is 19.5 Å². The fourth-order valence-corrected chi connectivity index (χ4v) is 1.70. The number of carbonyl (C=O) groups excluding carboxylic acids is 1. The molecule has 0 saturated carbocycles. The number of rotatable bonds is 4. The Morgan fingerprint density at radius 2 is 1.88 bits per heavy atom. The van der Waals surface area contributed by atoms with Crippen molar-refractivity contribution in [1.82, 2.24) is 8.49 Å². The molecule has 1 aromatic rings. The van der Waals surface area contributed by atoms with Crippen LogP contribution in [0.1, 0.15) is 19.5 Å². The molecule has 0 aliphatic heterocycles. The standard InChI is InChI=1S/C9H11BrN2O5/c1-5(13)12(10)6(4-9(16)17)11-7(14)2-3-8(11)15/h2-3,6,14-15H,4H2,1H3,(H,16,17). The number of carboxylic acid groups (broad SMARTS) is 1. The molecule has 3 N–H and O–H groups in total. The predicted molar refractivity (Wildman–Crippen MR) is 60.5 cm³/mol. The summed E-state index contributed by atoms with van der Waals surface area (Å²) in [4.78, 5) is 21.9. The first kappa shape index (κ1) is 13.4. The third-order valence-electron chi connectivity index (χ3n) is 2.09. The van der Waals surface area contributed by atoms with Gasteiger partial charge in [-0.15, -0.1) is 0 Å². The van der Waals surface area contributed by atoms with Gasteiger partial charge >= 0.3 is 5.97 Å². The van der Waals surface area contributed by atoms with Gasteiger partial charge in [-0.3, -0.25) is 18.1 Å². The summed E-state index contributed by atoms with van der Waals surface area (Å²) in [5, 5.41) is 27.8. The summed E-state index contributed by atoms with van der Waals surface area (Å²) in [6.07, 6.45) is -1.53. The number of hydrogen-bond donors (Lipinski definition) is 3. The molecule has 0 radical (unpaired) electrons. The second kappa shape index (κ2) is 5.09. The first-order valence-corrected chi connectivity index (χ1v) is 5.32. The van der Waals surface area contributed by atoms with Crippen LogP contribution in [0.2, 0.25) is 0 Å². The van der Waals surface area contributed by atoms with Crippen LogP contribution in [0.25, 0.3) is 0 Å². The summed E-state index contributed by atoms with van der Waals surface area (Å²) in [6.45, 7) is 1.22. The van der Waals surface area contributed by atoms with E-state index in [-0.39, 0.29) is 11.8 Å². The molecule has 94 valence electrons. The second-order valence-corrected chi connectivity index (χ2v) is 4.09. The van der Waals surface area contributed by atoms with Crippen LogP contribution in [0.4, 0.5) is 0 Å². The first-order chi connectivity index (χ1) is 7.84. The van der Waals surface area contributed by atoms with Crippen molar-refractivity contribution in [3.63, 3.8) is 0 Å². The molecule has 7 nitrogen and oxygen atoms in total. The summed E-state index contributed by atoms with van der Waals surface area (Å²) in [6, 6.07) is 2.40. The van der Waals surface area contributed by atoms with E-state index < -0.39 is 24.5 Å². The van der Waals surface area contributed by atoms with Crippen molar-refractivity contribution < 1.29 is 24.9 Å². The molecule has 1 atom stereocenters. The van der Waals surface area contributed by atoms with Gasteiger partial charge in [-0.25, -0.2) is 0 Å². The monoisotopic (exact) mass is 306 g/mol. The van der Waals surface area contributed by atoms with Crippen LogP contribution in [0.3, 0.4) is 0 Å². The molecule has 1 amide bonds. The number of carbonyl (C=O) groups is 2. The van der Waals surface area contributed by atoms with E-state index in [1.807, 2.05) is 0 Å². The van der Waals surface area contributed by atoms with Gasteiger partial charge in [0.25, 0.3) is 0 Å². The Bertz CT molecular complexity index is 425. The number of carboxylic acids is 1. The first-order valence-electron chi connectivity index (χ1n) is 4.61. The summed E-state index contributed by atoms with van der Waals surface area (Å²) < 4.78 is 1.88. The molecule has 0 aliphatic rings. The van der Waals surface area contributed by atoms with Crippen molar-refractivity contribution in [2.24, 2.45) is 0 Å². The zero-order chi connectivity index (χ0) is 13.2. The zero-order valence-electron chi connectivity index (χ0n) is 8.87. The predicted octanol–water partition coefficient (Wildman–Crippen LogP) is 1.03. The van der Waals surface area contributed by atoms with E-state index >= 15 is 0 Å². The fourth-order valence-electron chi connectivity index (χ4n) is 1.37. The summed E-state index contributed by atoms with van der Waals surface area (Å²) in [5.74, 6) is -2.30. The Morgan fingerprint density at radius 1 is 1.41 bits per heavy atom. The van der Waals surface area contributed by atoms with Gasteiger partial charge < -0.3 is 15.3 Å². The Kier molecular flexibility index (Phi) is 4.00. The minimum absolute atomic E-state index is 0.334. The highest BCUT2D eigenvalue weighted by atomic mass is 79.9. The van der Waals surface area contributed by atoms with Crippen molar-refractivity contribution in [3.8, 4) is 11.8 Å². The maximum absolute atomic E-state index is 11.2. The zero-order valence-corrected chi connectivity index (χ0v) is 10.5. The van der Waals surface area contributed by atoms with Gasteiger partial charge in [0, 0.05) is 19.1 Å². The Hall–Kier alpha value is -1.70. The largest absolute Gasteiger partial charge is 0.494 e. The lowest BCUT2D eigenvalue weighted by Crippen LogP contribution is -2.29. The minimum atomic E-state index is -1.17. The summed E-state index contributed by atoms with van der Waals surface area (Å²) in [7, 11) is 0. The number of aromatic nitrogens is 1. The van der Waals surface area contributed by atoms with Gasteiger partial charge in [-0.05, 0) is 0 Å². The lowest BCUT2D eigenvalue weighted by molar-refractivity contribution is -0.139. The number of nitrogens with zero attached hydrogens (tertiary/aromatic N) is 2. The number of aliphatic carboxylic acids is 1. The molecule has 0 saturated heterocycles. The van der Waals surface area contributed by atoms with Gasteiger partial charge in [-0.1, -0.05) is 0 Å². The highest BCUT2D eigenvalue weighted by molar-refractivity contribution is 9.07. The van der Waals surface area contributed by atoms with E-state index in [9.17, 15) is 19.8 Å². The van der Waals surface area contributed by atoms with Crippen LogP contribution in [-0.4, -0.2) is 35.7 Å². The third-order valence-corrected chi connectivity index (χ3v) is 3.06. The van der Waals surface area contributed by atoms with E-state index in [2.05, 4.69) is 16.1 Å². The molecule has 0 aliphatic carbocycles. The highest BCUT2D eigenvalue weighted by Gasteiger charge is 2.27. The number of halogens is 1. The molecule has 1 aromatic heterocycles. The van der Waals surface area contributed by atoms with Crippen LogP contribution in [0.5, 0.6) is 11.8 Å². The van der Waals surface area contributed by atoms with Crippen LogP contribution >= 0.6 is 16.1 Å². The maximum atomic E-state index is 11.2. The number of amides is 1. The summed E-state index contributed by atoms with van der Waals surface area (Å²) in [5.41, 5.74) is 0. The molecule has 1 rings (SSSR count). The van der Waals surface area contributed by atoms with Gasteiger partial charge in [0.05, 0.1) is 22.6 Å². The lowest BCUT2D eigenvalue weighted by atomic mass is 10.3. The average molecular weight is 307 g/mol. The van der Waals surface area contributed by atoms with E-state index in [1.54, 1.807) is 0 Å². The molecule has 1 unspecified atom stereocenters. The van der Waals surface area contributed by atoms with Gasteiger partial charge in [0.15, 0.2) is 11.8 Å². The number of hydrogen-bond acceptors (Lipinski definition) is 4. The normalized spacial score (nSPS) is 12.1. The fraction of sp³-hybridized carbons (Fsp3) is 0.333. The lowest BCUT2D eigenvalue weighted by Gasteiger charge is -2.25. The van der Waals surface area contributed by atoms with Gasteiger partial charge in [-0.2, -0.15) is 0 Å². The Balaban J connectivity index is 3.14. The van der Waals surface area contributed by atoms with Crippen molar-refractivity contribution in [1.29, 1.82) is 0 Å². The number of aromatic hydroxyl groups is 2. The maximum Gasteiger partial charge on any atom is 0.307 e. The summed E-state index contributed by atoms with van der Waals surface area (Å²) >= 11 is 2.90. The van der Waals surface area contributed by atoms with Crippen LogP contribution in [0, 0.1) is 0 Å². The molecule has 8 heteroatoms. The van der Waals surface area contributed by atoms with Crippen molar-refractivity contribution in [2.75, 3.05) is 0 Å². The molecule has 0 spiro atoms. The average Bonchev–Trinajstić information content (AvgIpc) is 2.54. The smallest absolute Gasteiger partial charge is 0.307 e. The van der Waals surface area contributed by atoms with Gasteiger partial charge in [0.1, 0.15) is 6.17 Å². The molecule has 17 heavy (non-hydrogen) atoms. The molecular weight excluding hydrogens is 296 g/mol. The van der Waals surface area contributed by atoms with Crippen LogP contribution in [0.15, 0.2) is 12.1 Å². The molecular formula is C9H11BrN2O5. The quantitative estimate of drug-likeness (QED) is 0.721. The molecule has 0 aromatic carbocycles. The molecule has 1 heterocycles. The second-order valence-electron chi connectivity index (χ2n) is 3.33. The highest BCUT2D eigenvalue weighted by Crippen LogP contribution is 2.32. The van der Waals surface area contributed by atoms with Crippen molar-refractivity contribution in [3.05, 3.63) is 12.1 Å². The Labute approximate surface area is 105 Å². The minimum Gasteiger partial charge on any atom is -0.494 e. The Morgan fingerprint density at radius 3 is 2.24 bits per heavy atom. The van der Waals surface area contributed by atoms with E-state index in [1.165, 1.54) is 19.1 Å².